The number of hydrogen-bond donors (Lipinski definition) is 2. The third-order valence-electron chi connectivity index (χ3n) is 3.95. The molecule has 2 amide bonds. The summed E-state index contributed by atoms with van der Waals surface area (Å²) >= 11 is 1.38. The van der Waals surface area contributed by atoms with Crippen LogP contribution in [0.3, 0.4) is 0 Å². The van der Waals surface area contributed by atoms with Crippen LogP contribution in [0.25, 0.3) is 10.2 Å². The molecular weight excluding hydrogens is 338 g/mol. The normalized spacial score (nSPS) is 10.9. The van der Waals surface area contributed by atoms with Crippen LogP contribution in [0, 0.1) is 13.8 Å². The minimum Gasteiger partial charge on any atom is -0.326 e. The molecule has 0 aliphatic carbocycles. The zero-order chi connectivity index (χ0) is 18.1. The van der Waals surface area contributed by atoms with Crippen molar-refractivity contribution >= 4 is 44.2 Å². The Morgan fingerprint density at radius 1 is 1.24 bits per heavy atom. The molecule has 2 heterocycles. The molecule has 2 aromatic heterocycles. The van der Waals surface area contributed by atoms with Gasteiger partial charge >= 0.3 is 0 Å². The van der Waals surface area contributed by atoms with Crippen molar-refractivity contribution < 1.29 is 9.59 Å². The van der Waals surface area contributed by atoms with Crippen molar-refractivity contribution in [2.24, 2.45) is 7.05 Å². The third-order valence-corrected chi connectivity index (χ3v) is 4.88. The van der Waals surface area contributed by atoms with Gasteiger partial charge in [-0.25, -0.2) is 4.98 Å². The second kappa shape index (κ2) is 6.64. The van der Waals surface area contributed by atoms with Gasteiger partial charge in [-0.05, 0) is 32.0 Å². The molecule has 2 N–H and O–H groups in total. The Morgan fingerprint density at radius 2 is 2.00 bits per heavy atom. The number of aryl methyl sites for hydroxylation is 2. The first-order valence-electron chi connectivity index (χ1n) is 7.80. The van der Waals surface area contributed by atoms with E-state index in [9.17, 15) is 9.59 Å². The second-order valence-electron chi connectivity index (χ2n) is 5.88. The number of carbonyl (C=O) groups excluding carboxylic acids is 2. The number of fused-ring (bicyclic) bond motifs is 1. The molecule has 3 aromatic rings. The molecule has 0 bridgehead atoms. The molecule has 3 rings (SSSR count). The van der Waals surface area contributed by atoms with E-state index >= 15 is 0 Å². The Hall–Kier alpha value is -2.74. The molecule has 0 aliphatic rings. The highest BCUT2D eigenvalue weighted by Gasteiger charge is 2.15. The lowest BCUT2D eigenvalue weighted by atomic mass is 10.1. The summed E-state index contributed by atoms with van der Waals surface area (Å²) in [7, 11) is 1.87. The number of amides is 2. The summed E-state index contributed by atoms with van der Waals surface area (Å²) in [5.41, 5.74) is 4.27. The average Bonchev–Trinajstić information content (AvgIpc) is 3.01. The van der Waals surface area contributed by atoms with E-state index in [1.807, 2.05) is 33.0 Å². The summed E-state index contributed by atoms with van der Waals surface area (Å²) < 4.78 is 2.68. The number of carbonyl (C=O) groups is 2. The van der Waals surface area contributed by atoms with Gasteiger partial charge in [-0.1, -0.05) is 11.3 Å². The number of rotatable bonds is 4. The highest BCUT2D eigenvalue weighted by Crippen LogP contribution is 2.28. The van der Waals surface area contributed by atoms with Crippen LogP contribution in [0.4, 0.5) is 10.8 Å². The summed E-state index contributed by atoms with van der Waals surface area (Å²) in [4.78, 5) is 27.9. The van der Waals surface area contributed by atoms with Crippen LogP contribution in [0.2, 0.25) is 0 Å². The van der Waals surface area contributed by atoms with Crippen LogP contribution in [-0.4, -0.2) is 26.6 Å². The molecule has 0 saturated carbocycles. The molecule has 0 radical (unpaired) electrons. The Balaban J connectivity index is 1.75. The van der Waals surface area contributed by atoms with Gasteiger partial charge in [-0.3, -0.25) is 14.3 Å². The quantitative estimate of drug-likeness (QED) is 0.751. The van der Waals surface area contributed by atoms with E-state index in [1.165, 1.54) is 18.3 Å². The van der Waals surface area contributed by atoms with Crippen LogP contribution < -0.4 is 10.6 Å². The Kier molecular flexibility index (Phi) is 4.54. The van der Waals surface area contributed by atoms with Gasteiger partial charge in [-0.15, -0.1) is 0 Å². The maximum atomic E-state index is 12.3. The summed E-state index contributed by atoms with van der Waals surface area (Å²) in [6.07, 6.45) is 0.262. The van der Waals surface area contributed by atoms with E-state index in [2.05, 4.69) is 20.7 Å². The molecule has 8 heteroatoms. The summed E-state index contributed by atoms with van der Waals surface area (Å²) in [5, 5.41) is 10.5. The number of aromatic nitrogens is 3. The van der Waals surface area contributed by atoms with Crippen LogP contribution in [0.5, 0.6) is 0 Å². The first-order chi connectivity index (χ1) is 11.8. The molecule has 7 nitrogen and oxygen atoms in total. The maximum Gasteiger partial charge on any atom is 0.230 e. The van der Waals surface area contributed by atoms with E-state index in [0.717, 1.165) is 27.2 Å². The summed E-state index contributed by atoms with van der Waals surface area (Å²) in [6.45, 7) is 5.31. The lowest BCUT2D eigenvalue weighted by molar-refractivity contribution is -0.116. The van der Waals surface area contributed by atoms with Gasteiger partial charge in [0, 0.05) is 30.9 Å². The SMILES string of the molecule is CC(=O)Nc1ccc2nc(NC(=O)Cc3c(C)nn(C)c3C)sc2c1. The van der Waals surface area contributed by atoms with E-state index < -0.39 is 0 Å². The number of nitrogens with zero attached hydrogens (tertiary/aromatic N) is 3. The molecule has 0 saturated heterocycles. The van der Waals surface area contributed by atoms with Crippen LogP contribution in [0.1, 0.15) is 23.9 Å². The van der Waals surface area contributed by atoms with Crippen LogP contribution in [0.15, 0.2) is 18.2 Å². The molecular formula is C17H19N5O2S. The van der Waals surface area contributed by atoms with Crippen molar-refractivity contribution in [1.82, 2.24) is 14.8 Å². The number of hydrogen-bond acceptors (Lipinski definition) is 5. The van der Waals surface area contributed by atoms with Gasteiger partial charge < -0.3 is 10.6 Å². The standard InChI is InChI=1S/C17H19N5O2S/c1-9-13(10(2)22(4)21-9)8-16(24)20-17-19-14-6-5-12(18-11(3)23)7-15(14)25-17/h5-7H,8H2,1-4H3,(H,18,23)(H,19,20,24). The Morgan fingerprint density at radius 3 is 2.64 bits per heavy atom. The highest BCUT2D eigenvalue weighted by atomic mass is 32.1. The molecule has 0 spiro atoms. The zero-order valence-corrected chi connectivity index (χ0v) is 15.3. The Bertz CT molecular complexity index is 973. The van der Waals surface area contributed by atoms with Crippen molar-refractivity contribution in [3.63, 3.8) is 0 Å². The topological polar surface area (TPSA) is 88.9 Å². The molecule has 1 aromatic carbocycles. The molecule has 0 fully saturated rings. The van der Waals surface area contributed by atoms with E-state index in [1.54, 1.807) is 10.7 Å². The molecule has 0 atom stereocenters. The molecule has 130 valence electrons. The van der Waals surface area contributed by atoms with E-state index in [4.69, 9.17) is 0 Å². The maximum absolute atomic E-state index is 12.3. The van der Waals surface area contributed by atoms with Gasteiger partial charge in [0.1, 0.15) is 0 Å². The average molecular weight is 357 g/mol. The van der Waals surface area contributed by atoms with Crippen molar-refractivity contribution in [2.45, 2.75) is 27.2 Å². The second-order valence-corrected chi connectivity index (χ2v) is 6.91. The first-order valence-corrected chi connectivity index (χ1v) is 8.62. The van der Waals surface area contributed by atoms with Gasteiger partial charge in [0.25, 0.3) is 0 Å². The van der Waals surface area contributed by atoms with Gasteiger partial charge in [-0.2, -0.15) is 5.10 Å². The van der Waals surface area contributed by atoms with Crippen molar-refractivity contribution in [3.8, 4) is 0 Å². The van der Waals surface area contributed by atoms with Gasteiger partial charge in [0.15, 0.2) is 5.13 Å². The van der Waals surface area contributed by atoms with Gasteiger partial charge in [0.2, 0.25) is 11.8 Å². The summed E-state index contributed by atoms with van der Waals surface area (Å²) in [5.74, 6) is -0.250. The number of nitrogens with one attached hydrogen (secondary N) is 2. The largest absolute Gasteiger partial charge is 0.326 e. The van der Waals surface area contributed by atoms with Gasteiger partial charge in [0.05, 0.1) is 22.3 Å². The molecule has 25 heavy (non-hydrogen) atoms. The summed E-state index contributed by atoms with van der Waals surface area (Å²) in [6, 6.07) is 5.46. The lowest BCUT2D eigenvalue weighted by Gasteiger charge is -2.02. The smallest absolute Gasteiger partial charge is 0.230 e. The first kappa shape index (κ1) is 17.1. The van der Waals surface area contributed by atoms with E-state index in [0.29, 0.717) is 10.8 Å². The van der Waals surface area contributed by atoms with E-state index in [-0.39, 0.29) is 18.2 Å². The number of thiazole rings is 1. The third kappa shape index (κ3) is 3.69. The number of anilines is 2. The highest BCUT2D eigenvalue weighted by molar-refractivity contribution is 7.22. The lowest BCUT2D eigenvalue weighted by Crippen LogP contribution is -2.15. The molecule has 0 aliphatic heterocycles. The minimum absolute atomic E-state index is 0.125. The predicted octanol–water partition coefficient (Wildman–Crippen LogP) is 2.79. The number of benzene rings is 1. The fraction of sp³-hybridized carbons (Fsp3) is 0.294. The van der Waals surface area contributed by atoms with Crippen molar-refractivity contribution in [2.75, 3.05) is 10.6 Å². The fourth-order valence-corrected chi connectivity index (χ4v) is 3.58. The zero-order valence-electron chi connectivity index (χ0n) is 14.5. The predicted molar refractivity (Wildman–Crippen MR) is 98.9 cm³/mol. The molecule has 0 unspecified atom stereocenters. The van der Waals surface area contributed by atoms with Crippen molar-refractivity contribution in [3.05, 3.63) is 35.2 Å². The van der Waals surface area contributed by atoms with Crippen LogP contribution in [-0.2, 0) is 23.1 Å². The Labute approximate surface area is 149 Å². The van der Waals surface area contributed by atoms with Crippen molar-refractivity contribution in [1.29, 1.82) is 0 Å². The minimum atomic E-state index is -0.125. The van der Waals surface area contributed by atoms with Crippen LogP contribution >= 0.6 is 11.3 Å². The fourth-order valence-electron chi connectivity index (χ4n) is 2.66. The monoisotopic (exact) mass is 357 g/mol.